The number of ether oxygens (including phenoxy) is 3. The minimum absolute atomic E-state index is 0.000420. The fourth-order valence-corrected chi connectivity index (χ4v) is 9.75. The number of hydrogen-bond acceptors (Lipinski definition) is 22. The molecule has 1 amide bonds. The van der Waals surface area contributed by atoms with Gasteiger partial charge in [-0.3, -0.25) is 46.4 Å². The van der Waals surface area contributed by atoms with Crippen molar-refractivity contribution >= 4 is 55.5 Å². The molecule has 3 aliphatic heterocycles. The van der Waals surface area contributed by atoms with Crippen LogP contribution in [0, 0.1) is 11.8 Å². The van der Waals surface area contributed by atoms with Gasteiger partial charge in [0.2, 0.25) is 0 Å². The molecule has 9 rings (SSSR count). The summed E-state index contributed by atoms with van der Waals surface area (Å²) in [6, 6.07) is 0. The molecule has 8 heterocycles. The highest BCUT2D eigenvalue weighted by molar-refractivity contribution is 7.47. The van der Waals surface area contributed by atoms with Gasteiger partial charge >= 0.3 is 21.3 Å². The van der Waals surface area contributed by atoms with E-state index in [2.05, 4.69) is 57.8 Å². The second-order valence-electron chi connectivity index (χ2n) is 15.6. The molecule has 0 radical (unpaired) electrons. The molecule has 3 fully saturated rings. The zero-order chi connectivity index (χ0) is 48.6. The van der Waals surface area contributed by atoms with Gasteiger partial charge in [0.1, 0.15) is 78.5 Å². The van der Waals surface area contributed by atoms with Gasteiger partial charge in [0.05, 0.1) is 50.7 Å². The van der Waals surface area contributed by atoms with Crippen LogP contribution >= 0.6 is 15.6 Å². The van der Waals surface area contributed by atoms with E-state index in [1.807, 2.05) is 0 Å². The molecule has 3 saturated heterocycles. The zero-order valence-electron chi connectivity index (χ0n) is 35.5. The lowest BCUT2D eigenvalue weighted by atomic mass is 10.2. The van der Waals surface area contributed by atoms with Crippen molar-refractivity contribution < 1.29 is 66.2 Å². The smallest absolute Gasteiger partial charge is 0.394 e. The molecule has 0 aromatic carbocycles. The first kappa shape index (κ1) is 47.7. The number of carbonyl (C=O) groups is 1. The van der Waals surface area contributed by atoms with Crippen molar-refractivity contribution in [2.24, 2.45) is 0 Å². The van der Waals surface area contributed by atoms with Gasteiger partial charge in [0, 0.05) is 25.5 Å². The van der Waals surface area contributed by atoms with Crippen LogP contribution in [0.4, 0.5) is 11.6 Å². The number of imidazole rings is 2. The molecule has 69 heavy (non-hydrogen) atoms. The fraction of sp³-hybridized carbons (Fsp3) is 0.421. The van der Waals surface area contributed by atoms with Gasteiger partial charge in [-0.05, 0) is 12.2 Å². The number of nitrogens with two attached hydrogens (primary N) is 2. The van der Waals surface area contributed by atoms with Gasteiger partial charge in [0.15, 0.2) is 22.9 Å². The second kappa shape index (κ2) is 19.6. The Morgan fingerprint density at radius 1 is 0.841 bits per heavy atom. The second-order valence-corrected chi connectivity index (χ2v) is 18.4. The zero-order valence-corrected chi connectivity index (χ0v) is 37.3. The van der Waals surface area contributed by atoms with E-state index < -0.39 is 114 Å². The van der Waals surface area contributed by atoms with Crippen LogP contribution in [-0.4, -0.2) is 137 Å². The van der Waals surface area contributed by atoms with Crippen molar-refractivity contribution in [2.75, 3.05) is 37.8 Å². The van der Waals surface area contributed by atoms with Gasteiger partial charge < -0.3 is 51.0 Å². The van der Waals surface area contributed by atoms with E-state index in [4.69, 9.17) is 43.8 Å². The Morgan fingerprint density at radius 3 is 2.01 bits per heavy atom. The summed E-state index contributed by atoms with van der Waals surface area (Å²) < 4.78 is 70.4. The summed E-state index contributed by atoms with van der Waals surface area (Å²) in [5.74, 6) is 4.94. The Labute approximate surface area is 386 Å². The number of nitrogens with one attached hydrogen (secondary N) is 2. The summed E-state index contributed by atoms with van der Waals surface area (Å²) in [7, 11) is -10.3. The van der Waals surface area contributed by atoms with Crippen LogP contribution < -0.4 is 28.0 Å². The van der Waals surface area contributed by atoms with Crippen molar-refractivity contribution in [1.29, 1.82) is 0 Å². The number of fused-ring (bicyclic) bond motifs is 2. The number of rotatable bonds is 16. The van der Waals surface area contributed by atoms with E-state index in [0.29, 0.717) is 11.2 Å². The van der Waals surface area contributed by atoms with Gasteiger partial charge in [-0.1, -0.05) is 17.9 Å². The lowest BCUT2D eigenvalue weighted by Gasteiger charge is -2.24. The Balaban J connectivity index is 0.894. The lowest BCUT2D eigenvalue weighted by Crippen LogP contribution is -2.34. The molecule has 5 aromatic heterocycles. The van der Waals surface area contributed by atoms with E-state index in [-0.39, 0.29) is 53.3 Å². The summed E-state index contributed by atoms with van der Waals surface area (Å²) in [6.07, 6.45) is -0.489. The molecule has 2 unspecified atom stereocenters. The lowest BCUT2D eigenvalue weighted by molar-refractivity contribution is -0.116. The monoisotopic (exact) mass is 997 g/mol. The van der Waals surface area contributed by atoms with E-state index in [9.17, 15) is 43.5 Å². The number of H-pyrrole nitrogens is 1. The number of phosphoric acid groups is 2. The number of nitrogen functional groups attached to an aromatic ring is 2. The Hall–Kier alpha value is -6.31. The minimum Gasteiger partial charge on any atom is -0.394 e. The molecule has 5 aromatic rings. The van der Waals surface area contributed by atoms with Gasteiger partial charge in [-0.25, -0.2) is 43.8 Å². The average molecular weight is 998 g/mol. The van der Waals surface area contributed by atoms with Crippen molar-refractivity contribution in [3.8, 4) is 11.8 Å². The number of amides is 1. The largest absolute Gasteiger partial charge is 0.472 e. The predicted molar refractivity (Wildman–Crippen MR) is 231 cm³/mol. The van der Waals surface area contributed by atoms with Crippen LogP contribution in [0.2, 0.25) is 0 Å². The molecular weight excluding hydrogens is 956 g/mol. The molecular formula is C38H41N13O16P2. The van der Waals surface area contributed by atoms with Crippen LogP contribution in [0.1, 0.15) is 43.5 Å². The molecule has 0 bridgehead atoms. The highest BCUT2D eigenvalue weighted by atomic mass is 31.2. The Morgan fingerprint density at radius 2 is 1.41 bits per heavy atom. The van der Waals surface area contributed by atoms with Crippen LogP contribution in [-0.2, 0) is 46.2 Å². The number of phosphoric ester groups is 2. The van der Waals surface area contributed by atoms with Crippen LogP contribution in [0.3, 0.4) is 0 Å². The number of aromatic amines is 1. The molecule has 4 aliphatic rings. The van der Waals surface area contributed by atoms with Gasteiger partial charge in [0.25, 0.3) is 11.5 Å². The fourth-order valence-electron chi connectivity index (χ4n) is 7.83. The van der Waals surface area contributed by atoms with Crippen molar-refractivity contribution in [3.05, 3.63) is 87.4 Å². The topological polar surface area (TPSA) is 403 Å². The molecule has 29 nitrogen and oxygen atoms in total. The normalized spacial score (nSPS) is 27.1. The van der Waals surface area contributed by atoms with Gasteiger partial charge in [-0.2, -0.15) is 0 Å². The molecule has 11 atom stereocenters. The third-order valence-corrected chi connectivity index (χ3v) is 13.2. The Bertz CT molecular complexity index is 3180. The number of aliphatic hydroxyl groups excluding tert-OH is 2. The van der Waals surface area contributed by atoms with Gasteiger partial charge in [-0.15, -0.1) is 5.73 Å². The van der Waals surface area contributed by atoms with Crippen LogP contribution in [0.25, 0.3) is 22.3 Å². The van der Waals surface area contributed by atoms with Crippen LogP contribution in [0.5, 0.6) is 0 Å². The third-order valence-electron chi connectivity index (χ3n) is 11.2. The highest BCUT2D eigenvalue weighted by Crippen LogP contribution is 2.52. The number of allylic oxidation sites excluding steroid dienone is 1. The van der Waals surface area contributed by atoms with Crippen molar-refractivity contribution in [1.82, 2.24) is 53.9 Å². The van der Waals surface area contributed by atoms with E-state index in [1.54, 1.807) is 18.2 Å². The first-order valence-corrected chi connectivity index (χ1v) is 23.7. The molecule has 10 N–H and O–H groups in total. The first-order valence-electron chi connectivity index (χ1n) is 20.7. The molecule has 0 spiro atoms. The summed E-state index contributed by atoms with van der Waals surface area (Å²) in [4.78, 5) is 86.8. The molecule has 364 valence electrons. The SMILES string of the molecule is Nc1ncnc2c1ncn2[C@H]1C[C@H](OP(=O)(O)OC[C@H]2O[C@@H](n3cc(C#CCNC(=O)C4=C=CC=C4)c(=O)[nH]c3=O)C[C@@H]2OP(=O)(O)OC[C@H]2O[C@@H](n3cnc4c(N)ncnc43)C[C@@H]2O)[C@@H](CO)O1. The average Bonchev–Trinajstić information content (AvgIpc) is 4.18. The van der Waals surface area contributed by atoms with E-state index in [0.717, 1.165) is 10.8 Å². The summed E-state index contributed by atoms with van der Waals surface area (Å²) in [5.41, 5.74) is 13.9. The minimum atomic E-state index is -5.15. The molecule has 31 heteroatoms. The maximum atomic E-state index is 13.6. The first-order chi connectivity index (χ1) is 33.1. The number of hydrogen-bond donors (Lipinski definition) is 8. The van der Waals surface area contributed by atoms with Crippen molar-refractivity contribution in [3.63, 3.8) is 0 Å². The summed E-state index contributed by atoms with van der Waals surface area (Å²) in [6.45, 7) is -2.38. The summed E-state index contributed by atoms with van der Waals surface area (Å²) >= 11 is 0. The molecule has 0 saturated carbocycles. The maximum Gasteiger partial charge on any atom is 0.472 e. The predicted octanol–water partition coefficient (Wildman–Crippen LogP) is -1.28. The number of aromatic nitrogens is 10. The number of carbonyl (C=O) groups excluding carboxylic acids is 1. The third kappa shape index (κ3) is 10.4. The van der Waals surface area contributed by atoms with E-state index in [1.165, 1.54) is 34.4 Å². The molecule has 1 aliphatic carbocycles. The van der Waals surface area contributed by atoms with Crippen molar-refractivity contribution in [2.45, 2.75) is 74.6 Å². The number of aliphatic hydroxyl groups is 2. The number of anilines is 2. The van der Waals surface area contributed by atoms with Crippen LogP contribution in [0.15, 0.2) is 70.6 Å². The maximum absolute atomic E-state index is 13.6. The Kier molecular flexibility index (Phi) is 13.6. The van der Waals surface area contributed by atoms with E-state index >= 15 is 0 Å². The number of nitrogens with zero attached hydrogens (tertiary/aromatic N) is 9. The standard InChI is InChI=1S/C38H41N13O16P2/c39-32-30-34(44-15-42-32)50(17-46-30)27-8-21(53)25(64-27)13-61-68(57,58)67-23-10-28(49-11-20(37(55)48-38(49)56)6-3-7-41-36(54)19-4-1-2-5-19)65-26(23)14-62-69(59,60)66-22-9-29(63-24(22)12-52)51-18-47-31-33(40)43-16-45-35(31)51/h1-2,4,11,15-18,21-29,52-53H,7-10,12-14H2,(H,41,54)(H,57,58)(H,59,60)(H2,39,42,44)(H2,40,43,45)(H,48,55,56)/t21-,22-,23-,24+,25+,26+,27+,28+,29+/m0/s1. The quantitative estimate of drug-likeness (QED) is 0.0324. The highest BCUT2D eigenvalue weighted by Gasteiger charge is 2.46. The summed E-state index contributed by atoms with van der Waals surface area (Å²) in [5, 5.41) is 23.5.